The van der Waals surface area contributed by atoms with Crippen LogP contribution in [-0.2, 0) is 0 Å². The summed E-state index contributed by atoms with van der Waals surface area (Å²) in [5, 5.41) is 0. The Hall–Kier alpha value is 0. The second kappa shape index (κ2) is 3.54. The molecule has 0 nitrogen and oxygen atoms in total. The largest absolute Gasteiger partial charge is 0.0654 e. The smallest absolute Gasteiger partial charge is 0.0323 e. The fourth-order valence-electron chi connectivity index (χ4n) is 3.64. The summed E-state index contributed by atoms with van der Waals surface area (Å²) in [4.78, 5) is 0. The van der Waals surface area contributed by atoms with Crippen molar-refractivity contribution in [2.45, 2.75) is 59.8 Å². The molecule has 0 amide bonds. The molecule has 0 radical (unpaired) electrons. The first-order chi connectivity index (χ1) is 6.57. The van der Waals surface area contributed by atoms with Crippen molar-refractivity contribution < 1.29 is 0 Å². The van der Waals surface area contributed by atoms with E-state index in [4.69, 9.17) is 0 Å². The van der Waals surface area contributed by atoms with Crippen LogP contribution in [0.4, 0.5) is 0 Å². The summed E-state index contributed by atoms with van der Waals surface area (Å²) < 4.78 is 0. The summed E-state index contributed by atoms with van der Waals surface area (Å²) >= 11 is 0. The predicted molar refractivity (Wildman–Crippen MR) is 62.2 cm³/mol. The summed E-state index contributed by atoms with van der Waals surface area (Å²) in [7, 11) is 0. The molecule has 2 saturated carbocycles. The van der Waals surface area contributed by atoms with Crippen molar-refractivity contribution in [3.63, 3.8) is 0 Å². The van der Waals surface area contributed by atoms with Crippen LogP contribution in [0.2, 0.25) is 0 Å². The Balaban J connectivity index is 1.78. The van der Waals surface area contributed by atoms with Crippen LogP contribution in [0, 0.1) is 29.1 Å². The van der Waals surface area contributed by atoms with Gasteiger partial charge in [0.1, 0.15) is 0 Å². The van der Waals surface area contributed by atoms with Crippen molar-refractivity contribution in [3.05, 3.63) is 0 Å². The Kier molecular flexibility index (Phi) is 2.66. The van der Waals surface area contributed by atoms with Crippen molar-refractivity contribution in [3.8, 4) is 0 Å². The van der Waals surface area contributed by atoms with Crippen molar-refractivity contribution >= 4 is 0 Å². The molecule has 2 fully saturated rings. The normalized spacial score (nSPS) is 40.7. The molecule has 0 aromatic rings. The molecule has 0 bridgehead atoms. The zero-order valence-corrected chi connectivity index (χ0v) is 10.3. The van der Waals surface area contributed by atoms with Gasteiger partial charge in [0.25, 0.3) is 0 Å². The molecule has 2 aliphatic rings. The summed E-state index contributed by atoms with van der Waals surface area (Å²) in [6, 6.07) is 0. The molecular weight excluding hydrogens is 168 g/mol. The van der Waals surface area contributed by atoms with Gasteiger partial charge in [0.05, 0.1) is 0 Å². The first-order valence-electron chi connectivity index (χ1n) is 6.57. The standard InChI is InChI=1S/C14H26/c1-5-6-12-11(3)13(12)10(2)9-14(4)7-8-14/h10-13H,5-9H2,1-4H3. The maximum atomic E-state index is 2.50. The van der Waals surface area contributed by atoms with Gasteiger partial charge in [-0.2, -0.15) is 0 Å². The lowest BCUT2D eigenvalue weighted by Crippen LogP contribution is -2.07. The van der Waals surface area contributed by atoms with Gasteiger partial charge in [0, 0.05) is 0 Å². The molecule has 0 aromatic carbocycles. The van der Waals surface area contributed by atoms with Gasteiger partial charge < -0.3 is 0 Å². The molecule has 0 spiro atoms. The SMILES string of the molecule is CCCC1C(C)C1C(C)CC1(C)CC1. The van der Waals surface area contributed by atoms with E-state index in [2.05, 4.69) is 27.7 Å². The third-order valence-electron chi connectivity index (χ3n) is 4.83. The highest BCUT2D eigenvalue weighted by Gasteiger charge is 2.50. The highest BCUT2D eigenvalue weighted by atomic mass is 14.6. The molecule has 0 heterocycles. The number of hydrogen-bond acceptors (Lipinski definition) is 0. The van der Waals surface area contributed by atoms with E-state index in [9.17, 15) is 0 Å². The molecule has 82 valence electrons. The predicted octanol–water partition coefficient (Wildman–Crippen LogP) is 4.49. The van der Waals surface area contributed by atoms with E-state index in [0.717, 1.165) is 29.1 Å². The maximum Gasteiger partial charge on any atom is -0.0323 e. The lowest BCUT2D eigenvalue weighted by atomic mass is 9.89. The molecular formula is C14H26. The third kappa shape index (κ3) is 1.99. The van der Waals surface area contributed by atoms with Gasteiger partial charge >= 0.3 is 0 Å². The van der Waals surface area contributed by atoms with E-state index in [1.54, 1.807) is 0 Å². The number of hydrogen-bond donors (Lipinski definition) is 0. The van der Waals surface area contributed by atoms with Crippen LogP contribution < -0.4 is 0 Å². The van der Waals surface area contributed by atoms with Gasteiger partial charge in [-0.3, -0.25) is 0 Å². The third-order valence-corrected chi connectivity index (χ3v) is 4.83. The van der Waals surface area contributed by atoms with Gasteiger partial charge in [-0.25, -0.2) is 0 Å². The minimum Gasteiger partial charge on any atom is -0.0654 e. The summed E-state index contributed by atoms with van der Waals surface area (Å²) in [5.74, 6) is 4.19. The Bertz CT molecular complexity index is 202. The quantitative estimate of drug-likeness (QED) is 0.604. The fraction of sp³-hybridized carbons (Fsp3) is 1.00. The average molecular weight is 194 g/mol. The minimum atomic E-state index is 0.762. The Morgan fingerprint density at radius 1 is 1.36 bits per heavy atom. The molecule has 14 heavy (non-hydrogen) atoms. The van der Waals surface area contributed by atoms with Crippen LogP contribution in [-0.4, -0.2) is 0 Å². The van der Waals surface area contributed by atoms with Crippen molar-refractivity contribution in [2.75, 3.05) is 0 Å². The monoisotopic (exact) mass is 194 g/mol. The van der Waals surface area contributed by atoms with Crippen LogP contribution in [0.3, 0.4) is 0 Å². The van der Waals surface area contributed by atoms with E-state index < -0.39 is 0 Å². The van der Waals surface area contributed by atoms with Gasteiger partial charge in [-0.15, -0.1) is 0 Å². The fourth-order valence-corrected chi connectivity index (χ4v) is 3.64. The number of rotatable bonds is 5. The van der Waals surface area contributed by atoms with Gasteiger partial charge in [-0.05, 0) is 48.3 Å². The van der Waals surface area contributed by atoms with E-state index in [-0.39, 0.29) is 0 Å². The molecule has 0 aliphatic heterocycles. The maximum absolute atomic E-state index is 2.50. The topological polar surface area (TPSA) is 0 Å². The first-order valence-corrected chi connectivity index (χ1v) is 6.57. The molecule has 0 heteroatoms. The molecule has 4 atom stereocenters. The molecule has 2 aliphatic carbocycles. The van der Waals surface area contributed by atoms with Crippen LogP contribution in [0.25, 0.3) is 0 Å². The second-order valence-electron chi connectivity index (χ2n) is 6.38. The van der Waals surface area contributed by atoms with Crippen molar-refractivity contribution in [2.24, 2.45) is 29.1 Å². The van der Waals surface area contributed by atoms with Crippen LogP contribution in [0.15, 0.2) is 0 Å². The highest BCUT2D eigenvalue weighted by molar-refractivity contribution is 5.00. The zero-order chi connectivity index (χ0) is 10.3. The lowest BCUT2D eigenvalue weighted by molar-refractivity contribution is 0.342. The average Bonchev–Trinajstić information content (AvgIpc) is 2.95. The summed E-state index contributed by atoms with van der Waals surface area (Å²) in [6.45, 7) is 9.78. The Labute approximate surface area is 89.5 Å². The van der Waals surface area contributed by atoms with Crippen LogP contribution in [0.5, 0.6) is 0 Å². The van der Waals surface area contributed by atoms with E-state index in [1.807, 2.05) is 0 Å². The molecule has 0 N–H and O–H groups in total. The second-order valence-corrected chi connectivity index (χ2v) is 6.38. The Morgan fingerprint density at radius 2 is 2.00 bits per heavy atom. The van der Waals surface area contributed by atoms with Gasteiger partial charge in [-0.1, -0.05) is 40.5 Å². The van der Waals surface area contributed by atoms with Crippen LogP contribution in [0.1, 0.15) is 59.8 Å². The van der Waals surface area contributed by atoms with Gasteiger partial charge in [0.2, 0.25) is 0 Å². The summed E-state index contributed by atoms with van der Waals surface area (Å²) in [6.07, 6.45) is 7.36. The minimum absolute atomic E-state index is 0.762. The molecule has 4 unspecified atom stereocenters. The van der Waals surface area contributed by atoms with Crippen molar-refractivity contribution in [1.82, 2.24) is 0 Å². The Morgan fingerprint density at radius 3 is 2.50 bits per heavy atom. The first kappa shape index (κ1) is 10.5. The zero-order valence-electron chi connectivity index (χ0n) is 10.3. The van der Waals surface area contributed by atoms with Crippen molar-refractivity contribution in [1.29, 1.82) is 0 Å². The van der Waals surface area contributed by atoms with Gasteiger partial charge in [0.15, 0.2) is 0 Å². The van der Waals surface area contributed by atoms with E-state index in [1.165, 1.54) is 32.1 Å². The lowest BCUT2D eigenvalue weighted by Gasteiger charge is -2.16. The van der Waals surface area contributed by atoms with E-state index >= 15 is 0 Å². The van der Waals surface area contributed by atoms with E-state index in [0.29, 0.717) is 0 Å². The molecule has 0 saturated heterocycles. The van der Waals surface area contributed by atoms with Crippen LogP contribution >= 0.6 is 0 Å². The molecule has 2 rings (SSSR count). The molecule has 0 aromatic heterocycles. The summed E-state index contributed by atoms with van der Waals surface area (Å²) in [5.41, 5.74) is 0.762. The highest BCUT2D eigenvalue weighted by Crippen LogP contribution is 2.58.